The van der Waals surface area contributed by atoms with E-state index in [1.54, 1.807) is 12.2 Å². The molecule has 0 spiro atoms. The molecule has 20 heavy (non-hydrogen) atoms. The number of carbonyl (C=O) groups excluding carboxylic acids is 1. The number of nitrogens with one attached hydrogen (secondary N) is 1. The van der Waals surface area contributed by atoms with E-state index in [4.69, 9.17) is 4.74 Å². The first kappa shape index (κ1) is 16.8. The number of likely N-dealkylation sites (tertiary alicyclic amines) is 1. The monoisotopic (exact) mass is 280 g/mol. The molecule has 0 saturated carbocycles. The summed E-state index contributed by atoms with van der Waals surface area (Å²) in [6.07, 6.45) is 4.98. The first-order valence-electron chi connectivity index (χ1n) is 7.05. The third-order valence-corrected chi connectivity index (χ3v) is 4.36. The van der Waals surface area contributed by atoms with Crippen LogP contribution in [0.4, 0.5) is 0 Å². The first-order valence-corrected chi connectivity index (χ1v) is 7.05. The van der Waals surface area contributed by atoms with Crippen LogP contribution < -0.4 is 5.32 Å². The predicted octanol–water partition coefficient (Wildman–Crippen LogP) is 2.47. The quantitative estimate of drug-likeness (QED) is 0.489. The number of rotatable bonds is 4. The molecule has 0 unspecified atom stereocenters. The molecule has 1 aliphatic rings. The number of amides is 1. The lowest BCUT2D eigenvalue weighted by atomic mass is 9.77. The van der Waals surface area contributed by atoms with Gasteiger partial charge in [0.05, 0.1) is 7.11 Å². The van der Waals surface area contributed by atoms with Crippen LogP contribution in [-0.4, -0.2) is 42.1 Å². The molecule has 0 aromatic carbocycles. The Morgan fingerprint density at radius 3 is 2.20 bits per heavy atom. The Balaban J connectivity index is 2.81. The minimum absolute atomic E-state index is 0.0507. The Bertz CT molecular complexity index is 393. The number of hydrogen-bond donors (Lipinski definition) is 1. The molecule has 0 aliphatic carbocycles. The van der Waals surface area contributed by atoms with Crippen molar-refractivity contribution >= 4 is 5.91 Å². The predicted molar refractivity (Wildman–Crippen MR) is 82.4 cm³/mol. The number of allylic oxidation sites excluding steroid dienone is 2. The number of piperidine rings is 1. The van der Waals surface area contributed by atoms with Crippen LogP contribution in [0.25, 0.3) is 0 Å². The molecular weight excluding hydrogens is 252 g/mol. The van der Waals surface area contributed by atoms with Gasteiger partial charge < -0.3 is 10.1 Å². The third kappa shape index (κ3) is 3.63. The molecule has 1 fully saturated rings. The van der Waals surface area contributed by atoms with Crippen LogP contribution in [0.1, 0.15) is 40.5 Å². The summed E-state index contributed by atoms with van der Waals surface area (Å²) in [5.74, 6) is 0.128. The van der Waals surface area contributed by atoms with Gasteiger partial charge in [-0.2, -0.15) is 0 Å². The minimum Gasteiger partial charge on any atom is -0.491 e. The molecule has 0 atom stereocenters. The summed E-state index contributed by atoms with van der Waals surface area (Å²) in [5.41, 5.74) is 0.101. The standard InChI is InChI=1S/C16H28N2O2/c1-8-9-13(20-7)14(19)17-12-10-15(2,3)18(6)16(4,5)11-12/h8-9,12H,1,10-11H2,2-7H3,(H,17,19)/b13-9-. The van der Waals surface area contributed by atoms with Crippen molar-refractivity contribution in [2.45, 2.75) is 57.7 Å². The molecule has 0 bridgehead atoms. The molecule has 1 heterocycles. The fourth-order valence-electron chi connectivity index (χ4n) is 3.07. The summed E-state index contributed by atoms with van der Waals surface area (Å²) in [7, 11) is 3.65. The molecule has 1 saturated heterocycles. The first-order chi connectivity index (χ1) is 9.14. The molecular formula is C16H28N2O2. The summed E-state index contributed by atoms with van der Waals surface area (Å²) in [6.45, 7) is 12.4. The van der Waals surface area contributed by atoms with Crippen molar-refractivity contribution in [3.63, 3.8) is 0 Å². The van der Waals surface area contributed by atoms with Crippen molar-refractivity contribution in [2.75, 3.05) is 14.2 Å². The van der Waals surface area contributed by atoms with Gasteiger partial charge in [0.25, 0.3) is 5.91 Å². The number of nitrogens with zero attached hydrogens (tertiary/aromatic N) is 1. The SMILES string of the molecule is C=C/C=C(\OC)C(=O)NC1CC(C)(C)N(C)C(C)(C)C1. The molecule has 0 radical (unpaired) electrons. The highest BCUT2D eigenvalue weighted by Gasteiger charge is 2.43. The molecule has 0 aromatic heterocycles. The van der Waals surface area contributed by atoms with Crippen LogP contribution in [0.15, 0.2) is 24.5 Å². The van der Waals surface area contributed by atoms with E-state index in [-0.39, 0.29) is 23.0 Å². The second-order valence-corrected chi connectivity index (χ2v) is 6.73. The molecule has 114 valence electrons. The summed E-state index contributed by atoms with van der Waals surface area (Å²) in [4.78, 5) is 14.6. The van der Waals surface area contributed by atoms with E-state index in [9.17, 15) is 4.79 Å². The average molecular weight is 280 g/mol. The Hall–Kier alpha value is -1.29. The van der Waals surface area contributed by atoms with E-state index >= 15 is 0 Å². The van der Waals surface area contributed by atoms with Gasteiger partial charge in [0.2, 0.25) is 0 Å². The number of carbonyl (C=O) groups is 1. The van der Waals surface area contributed by atoms with Crippen LogP contribution in [0.3, 0.4) is 0 Å². The second kappa shape index (κ2) is 6.00. The van der Waals surface area contributed by atoms with Crippen LogP contribution >= 0.6 is 0 Å². The minimum atomic E-state index is -0.173. The Labute approximate surface area is 122 Å². The van der Waals surface area contributed by atoms with Crippen LogP contribution in [-0.2, 0) is 9.53 Å². The highest BCUT2D eigenvalue weighted by Crippen LogP contribution is 2.36. The Morgan fingerprint density at radius 2 is 1.80 bits per heavy atom. The molecule has 1 aliphatic heterocycles. The van der Waals surface area contributed by atoms with Gasteiger partial charge in [-0.15, -0.1) is 0 Å². The summed E-state index contributed by atoms with van der Waals surface area (Å²) >= 11 is 0. The highest BCUT2D eigenvalue weighted by atomic mass is 16.5. The molecule has 1 amide bonds. The van der Waals surface area contributed by atoms with Gasteiger partial charge >= 0.3 is 0 Å². The van der Waals surface area contributed by atoms with E-state index in [1.165, 1.54) is 7.11 Å². The van der Waals surface area contributed by atoms with Crippen molar-refractivity contribution in [3.8, 4) is 0 Å². The van der Waals surface area contributed by atoms with Gasteiger partial charge in [0, 0.05) is 17.1 Å². The van der Waals surface area contributed by atoms with Crippen LogP contribution in [0, 0.1) is 0 Å². The van der Waals surface area contributed by atoms with E-state index in [0.717, 1.165) is 12.8 Å². The molecule has 1 N–H and O–H groups in total. The normalized spacial score (nSPS) is 23.2. The molecule has 4 heteroatoms. The summed E-state index contributed by atoms with van der Waals surface area (Å²) in [6, 6.07) is 0.145. The van der Waals surface area contributed by atoms with Crippen molar-refractivity contribution < 1.29 is 9.53 Å². The largest absolute Gasteiger partial charge is 0.491 e. The maximum atomic E-state index is 12.2. The average Bonchev–Trinajstić information content (AvgIpc) is 2.32. The number of methoxy groups -OCH3 is 1. The van der Waals surface area contributed by atoms with Crippen molar-refractivity contribution in [3.05, 3.63) is 24.5 Å². The van der Waals surface area contributed by atoms with Crippen LogP contribution in [0.2, 0.25) is 0 Å². The maximum Gasteiger partial charge on any atom is 0.286 e. The molecule has 4 nitrogen and oxygen atoms in total. The number of ether oxygens (including phenoxy) is 1. The van der Waals surface area contributed by atoms with Gasteiger partial charge in [0.1, 0.15) is 0 Å². The zero-order chi connectivity index (χ0) is 15.6. The Morgan fingerprint density at radius 1 is 1.30 bits per heavy atom. The van der Waals surface area contributed by atoms with Crippen molar-refractivity contribution in [1.82, 2.24) is 10.2 Å². The van der Waals surface area contributed by atoms with Crippen LogP contribution in [0.5, 0.6) is 0 Å². The summed E-state index contributed by atoms with van der Waals surface area (Å²) in [5, 5.41) is 3.08. The van der Waals surface area contributed by atoms with E-state index in [1.807, 2.05) is 0 Å². The maximum absolute atomic E-state index is 12.2. The van der Waals surface area contributed by atoms with E-state index in [0.29, 0.717) is 5.76 Å². The van der Waals surface area contributed by atoms with Gasteiger partial charge in [-0.05, 0) is 53.7 Å². The van der Waals surface area contributed by atoms with Gasteiger partial charge in [-0.25, -0.2) is 0 Å². The Kier molecular flexibility index (Phi) is 5.03. The van der Waals surface area contributed by atoms with Gasteiger partial charge in [-0.3, -0.25) is 9.69 Å². The topological polar surface area (TPSA) is 41.6 Å². The lowest BCUT2D eigenvalue weighted by Gasteiger charge is -2.53. The highest BCUT2D eigenvalue weighted by molar-refractivity contribution is 5.91. The summed E-state index contributed by atoms with van der Waals surface area (Å²) < 4.78 is 5.09. The van der Waals surface area contributed by atoms with E-state index in [2.05, 4.69) is 51.5 Å². The van der Waals surface area contributed by atoms with Crippen molar-refractivity contribution in [2.24, 2.45) is 0 Å². The lowest BCUT2D eigenvalue weighted by Crippen LogP contribution is -2.62. The van der Waals surface area contributed by atoms with Gasteiger partial charge in [0.15, 0.2) is 5.76 Å². The van der Waals surface area contributed by atoms with Crippen molar-refractivity contribution in [1.29, 1.82) is 0 Å². The smallest absolute Gasteiger partial charge is 0.286 e. The molecule has 0 aromatic rings. The second-order valence-electron chi connectivity index (χ2n) is 6.73. The zero-order valence-corrected chi connectivity index (χ0v) is 13.6. The van der Waals surface area contributed by atoms with E-state index < -0.39 is 0 Å². The fraction of sp³-hybridized carbons (Fsp3) is 0.688. The number of hydrogen-bond acceptors (Lipinski definition) is 3. The molecule has 1 rings (SSSR count). The van der Waals surface area contributed by atoms with Gasteiger partial charge in [-0.1, -0.05) is 12.7 Å². The zero-order valence-electron chi connectivity index (χ0n) is 13.6. The third-order valence-electron chi connectivity index (χ3n) is 4.36. The fourth-order valence-corrected chi connectivity index (χ4v) is 3.07. The lowest BCUT2D eigenvalue weighted by molar-refractivity contribution is -0.122.